The van der Waals surface area contributed by atoms with Gasteiger partial charge >= 0.3 is 12.0 Å². The van der Waals surface area contributed by atoms with Crippen LogP contribution in [0.3, 0.4) is 0 Å². The van der Waals surface area contributed by atoms with Crippen LogP contribution in [0, 0.1) is 23.7 Å². The summed E-state index contributed by atoms with van der Waals surface area (Å²) in [4.78, 5) is 23.8. The smallest absolute Gasteiger partial charge is 0.317 e. The van der Waals surface area contributed by atoms with Crippen LogP contribution in [0.25, 0.3) is 0 Å². The predicted molar refractivity (Wildman–Crippen MR) is 79.3 cm³/mol. The van der Waals surface area contributed by atoms with Crippen molar-refractivity contribution in [2.75, 3.05) is 20.1 Å². The normalized spacial score (nSPS) is 12.3. The maximum absolute atomic E-state index is 11.7. The maximum atomic E-state index is 11.7. The second-order valence-electron chi connectivity index (χ2n) is 6.08. The van der Waals surface area contributed by atoms with Gasteiger partial charge in [0.2, 0.25) is 0 Å². The van der Waals surface area contributed by atoms with Crippen LogP contribution < -0.4 is 5.32 Å². The van der Waals surface area contributed by atoms with Gasteiger partial charge in [-0.25, -0.2) is 4.79 Å². The molecule has 1 atom stereocenters. The Balaban J connectivity index is 4.24. The molecule has 0 radical (unpaired) electrons. The summed E-state index contributed by atoms with van der Waals surface area (Å²) in [5, 5.41) is 11.6. The number of amides is 2. The molecule has 5 nitrogen and oxygen atoms in total. The fraction of sp³-hybridized carbons (Fsp3) is 0.733. The van der Waals surface area contributed by atoms with Crippen molar-refractivity contribution in [3.63, 3.8) is 0 Å². The zero-order chi connectivity index (χ0) is 15.8. The molecular weight excluding hydrogens is 256 g/mol. The number of terminal acetylenes is 1. The Labute approximate surface area is 121 Å². The minimum absolute atomic E-state index is 0.0187. The van der Waals surface area contributed by atoms with E-state index in [2.05, 4.69) is 32.0 Å². The van der Waals surface area contributed by atoms with Gasteiger partial charge in [0, 0.05) is 20.0 Å². The summed E-state index contributed by atoms with van der Waals surface area (Å²) in [6.45, 7) is 7.06. The fourth-order valence-electron chi connectivity index (χ4n) is 2.01. The molecule has 2 N–H and O–H groups in total. The Kier molecular flexibility index (Phi) is 7.75. The van der Waals surface area contributed by atoms with Gasteiger partial charge in [-0.1, -0.05) is 26.7 Å². The van der Waals surface area contributed by atoms with Crippen LogP contribution in [0.2, 0.25) is 0 Å². The van der Waals surface area contributed by atoms with Gasteiger partial charge in [-0.05, 0) is 24.2 Å². The van der Waals surface area contributed by atoms with Crippen molar-refractivity contribution in [3.05, 3.63) is 0 Å². The summed E-state index contributed by atoms with van der Waals surface area (Å²) in [5.74, 6) is 1.87. The third kappa shape index (κ3) is 7.67. The molecule has 20 heavy (non-hydrogen) atoms. The Morgan fingerprint density at radius 2 is 1.95 bits per heavy atom. The molecular formula is C15H26N2O3. The summed E-state index contributed by atoms with van der Waals surface area (Å²) in [7, 11) is 1.64. The van der Waals surface area contributed by atoms with Gasteiger partial charge < -0.3 is 15.3 Å². The van der Waals surface area contributed by atoms with Gasteiger partial charge in [0.15, 0.2) is 0 Å². The van der Waals surface area contributed by atoms with E-state index in [1.807, 2.05) is 0 Å². The molecule has 0 aromatic carbocycles. The van der Waals surface area contributed by atoms with Crippen LogP contribution in [-0.2, 0) is 4.79 Å². The fourth-order valence-corrected chi connectivity index (χ4v) is 2.01. The van der Waals surface area contributed by atoms with E-state index in [1.54, 1.807) is 7.05 Å². The number of nitrogens with zero attached hydrogens (tertiary/aromatic N) is 1. The zero-order valence-corrected chi connectivity index (χ0v) is 12.9. The summed E-state index contributed by atoms with van der Waals surface area (Å²) in [6.07, 6.45) is 6.68. The SMILES string of the molecule is C#CCN(C)C(=O)NCCC(CCC(=O)O)C(C)(C)C. The van der Waals surface area contributed by atoms with Gasteiger partial charge in [0.1, 0.15) is 0 Å². The van der Waals surface area contributed by atoms with Gasteiger partial charge in [-0.3, -0.25) is 4.79 Å². The Morgan fingerprint density at radius 3 is 2.40 bits per heavy atom. The van der Waals surface area contributed by atoms with E-state index < -0.39 is 5.97 Å². The average molecular weight is 282 g/mol. The van der Waals surface area contributed by atoms with E-state index in [9.17, 15) is 9.59 Å². The Bertz CT molecular complexity index is 366. The molecule has 0 fully saturated rings. The van der Waals surface area contributed by atoms with Crippen LogP contribution in [-0.4, -0.2) is 42.1 Å². The van der Waals surface area contributed by atoms with Crippen molar-refractivity contribution < 1.29 is 14.7 Å². The zero-order valence-electron chi connectivity index (χ0n) is 12.9. The van der Waals surface area contributed by atoms with Crippen molar-refractivity contribution in [3.8, 4) is 12.3 Å². The second-order valence-corrected chi connectivity index (χ2v) is 6.08. The molecule has 2 amide bonds. The monoisotopic (exact) mass is 282 g/mol. The summed E-state index contributed by atoms with van der Waals surface area (Å²) in [5.41, 5.74) is 0.0187. The molecule has 0 spiro atoms. The minimum Gasteiger partial charge on any atom is -0.481 e. The van der Waals surface area contributed by atoms with E-state index in [0.29, 0.717) is 13.0 Å². The molecule has 0 rings (SSSR count). The van der Waals surface area contributed by atoms with Crippen molar-refractivity contribution >= 4 is 12.0 Å². The van der Waals surface area contributed by atoms with Gasteiger partial charge in [0.05, 0.1) is 6.54 Å². The number of nitrogens with one attached hydrogen (secondary N) is 1. The second kappa shape index (κ2) is 8.47. The van der Waals surface area contributed by atoms with E-state index >= 15 is 0 Å². The van der Waals surface area contributed by atoms with Crippen molar-refractivity contribution in [1.82, 2.24) is 10.2 Å². The van der Waals surface area contributed by atoms with E-state index in [0.717, 1.165) is 6.42 Å². The van der Waals surface area contributed by atoms with Crippen molar-refractivity contribution in [1.29, 1.82) is 0 Å². The number of urea groups is 1. The number of rotatable bonds is 7. The quantitative estimate of drug-likeness (QED) is 0.703. The number of hydrogen-bond acceptors (Lipinski definition) is 2. The van der Waals surface area contributed by atoms with Crippen LogP contribution in [0.15, 0.2) is 0 Å². The molecule has 0 heterocycles. The topological polar surface area (TPSA) is 69.6 Å². The van der Waals surface area contributed by atoms with Crippen LogP contribution >= 0.6 is 0 Å². The number of carboxylic acid groups (broad SMARTS) is 1. The van der Waals surface area contributed by atoms with E-state index in [-0.39, 0.29) is 30.3 Å². The van der Waals surface area contributed by atoms with Crippen LogP contribution in [0.1, 0.15) is 40.0 Å². The lowest BCUT2D eigenvalue weighted by Gasteiger charge is -2.30. The molecule has 0 aliphatic carbocycles. The number of carbonyl (C=O) groups excluding carboxylic acids is 1. The Hall–Kier alpha value is -1.70. The summed E-state index contributed by atoms with van der Waals surface area (Å²) in [6, 6.07) is -0.200. The van der Waals surface area contributed by atoms with Crippen LogP contribution in [0.5, 0.6) is 0 Å². The molecule has 0 bridgehead atoms. The standard InChI is InChI=1S/C15H26N2O3/c1-6-11-17(5)14(20)16-10-9-12(15(2,3)4)7-8-13(18)19/h1,12H,7-11H2,2-5H3,(H,16,20)(H,18,19). The molecule has 0 saturated heterocycles. The first-order chi connectivity index (χ1) is 9.18. The lowest BCUT2D eigenvalue weighted by Crippen LogP contribution is -2.39. The first kappa shape index (κ1) is 18.3. The first-order valence-corrected chi connectivity index (χ1v) is 6.82. The average Bonchev–Trinajstić information content (AvgIpc) is 2.31. The van der Waals surface area contributed by atoms with Crippen molar-refractivity contribution in [2.24, 2.45) is 11.3 Å². The van der Waals surface area contributed by atoms with E-state index in [4.69, 9.17) is 11.5 Å². The highest BCUT2D eigenvalue weighted by atomic mass is 16.4. The Morgan fingerprint density at radius 1 is 1.35 bits per heavy atom. The molecule has 0 aliphatic rings. The molecule has 0 aromatic rings. The molecule has 0 aromatic heterocycles. The molecule has 5 heteroatoms. The molecule has 114 valence electrons. The molecule has 1 unspecified atom stereocenters. The van der Waals surface area contributed by atoms with Gasteiger partial charge in [-0.15, -0.1) is 6.42 Å². The highest BCUT2D eigenvalue weighted by Crippen LogP contribution is 2.32. The predicted octanol–water partition coefficient (Wildman–Crippen LogP) is 2.18. The highest BCUT2D eigenvalue weighted by Gasteiger charge is 2.25. The maximum Gasteiger partial charge on any atom is 0.317 e. The summed E-state index contributed by atoms with van der Waals surface area (Å²) < 4.78 is 0. The number of hydrogen-bond donors (Lipinski definition) is 2. The lowest BCUT2D eigenvalue weighted by atomic mass is 9.76. The molecule has 0 saturated carbocycles. The third-order valence-corrected chi connectivity index (χ3v) is 3.38. The van der Waals surface area contributed by atoms with Gasteiger partial charge in [0.25, 0.3) is 0 Å². The lowest BCUT2D eigenvalue weighted by molar-refractivity contribution is -0.137. The molecule has 0 aliphatic heterocycles. The first-order valence-electron chi connectivity index (χ1n) is 6.82. The van der Waals surface area contributed by atoms with Gasteiger partial charge in [-0.2, -0.15) is 0 Å². The third-order valence-electron chi connectivity index (χ3n) is 3.38. The van der Waals surface area contributed by atoms with Crippen LogP contribution in [0.4, 0.5) is 4.79 Å². The van der Waals surface area contributed by atoms with E-state index in [1.165, 1.54) is 4.90 Å². The number of aliphatic carboxylic acids is 1. The summed E-state index contributed by atoms with van der Waals surface area (Å²) >= 11 is 0. The largest absolute Gasteiger partial charge is 0.481 e. The number of carboxylic acids is 1. The minimum atomic E-state index is -0.781. The highest BCUT2D eigenvalue weighted by molar-refractivity contribution is 5.74. The number of carbonyl (C=O) groups is 2. The van der Waals surface area contributed by atoms with Crippen molar-refractivity contribution in [2.45, 2.75) is 40.0 Å².